The number of aliphatic hydroxyl groups excluding tert-OH is 1. The Morgan fingerprint density at radius 1 is 1.20 bits per heavy atom. The Kier molecular flexibility index (Phi) is 3.23. The molecule has 2 unspecified atom stereocenters. The van der Waals surface area contributed by atoms with Crippen molar-refractivity contribution in [2.75, 3.05) is 5.73 Å². The van der Waals surface area contributed by atoms with E-state index >= 15 is 0 Å². The van der Waals surface area contributed by atoms with Gasteiger partial charge in [0.15, 0.2) is 0 Å². The molecular formula is C13H17FN2O3S. The minimum atomic E-state index is -3.76. The molecule has 2 aliphatic heterocycles. The summed E-state index contributed by atoms with van der Waals surface area (Å²) in [6, 6.07) is 2.98. The summed E-state index contributed by atoms with van der Waals surface area (Å²) in [5.74, 6) is -0.659. The summed E-state index contributed by atoms with van der Waals surface area (Å²) < 4.78 is 40.2. The van der Waals surface area contributed by atoms with Crippen LogP contribution in [0.5, 0.6) is 0 Å². The SMILES string of the molecule is Nc1cc(F)cc(S(=O)(=O)N2C3CCC2CC(O)C3)c1. The van der Waals surface area contributed by atoms with E-state index in [0.29, 0.717) is 12.8 Å². The summed E-state index contributed by atoms with van der Waals surface area (Å²) in [6.07, 6.45) is 1.93. The molecule has 3 rings (SSSR count). The topological polar surface area (TPSA) is 83.6 Å². The number of anilines is 1. The van der Waals surface area contributed by atoms with Gasteiger partial charge >= 0.3 is 0 Å². The van der Waals surface area contributed by atoms with Crippen molar-refractivity contribution in [2.24, 2.45) is 0 Å². The van der Waals surface area contributed by atoms with Crippen LogP contribution in [0.1, 0.15) is 25.7 Å². The number of nitrogen functional groups attached to an aromatic ring is 1. The molecule has 0 radical (unpaired) electrons. The maximum absolute atomic E-state index is 13.4. The molecule has 0 aromatic heterocycles. The van der Waals surface area contributed by atoms with Crippen LogP contribution < -0.4 is 5.73 Å². The number of fused-ring (bicyclic) bond motifs is 2. The lowest BCUT2D eigenvalue weighted by atomic mass is 10.0. The predicted molar refractivity (Wildman–Crippen MR) is 71.9 cm³/mol. The Hall–Kier alpha value is -1.18. The van der Waals surface area contributed by atoms with Gasteiger partial charge in [-0.15, -0.1) is 0 Å². The van der Waals surface area contributed by atoms with Gasteiger partial charge < -0.3 is 10.8 Å². The largest absolute Gasteiger partial charge is 0.399 e. The van der Waals surface area contributed by atoms with Crippen molar-refractivity contribution in [3.8, 4) is 0 Å². The zero-order valence-electron chi connectivity index (χ0n) is 10.9. The first kappa shape index (κ1) is 13.8. The number of nitrogens with zero attached hydrogens (tertiary/aromatic N) is 1. The minimum Gasteiger partial charge on any atom is -0.399 e. The van der Waals surface area contributed by atoms with Crippen LogP contribution in [0, 0.1) is 5.82 Å². The maximum atomic E-state index is 13.4. The average Bonchev–Trinajstić information content (AvgIpc) is 2.62. The molecule has 2 saturated heterocycles. The standard InChI is InChI=1S/C13H17FN2O3S/c14-8-3-9(15)5-13(4-8)20(18,19)16-10-1-2-11(16)7-12(17)6-10/h3-5,10-12,17H,1-2,6-7,15H2. The molecule has 2 aliphatic rings. The van der Waals surface area contributed by atoms with Crippen molar-refractivity contribution >= 4 is 15.7 Å². The van der Waals surface area contributed by atoms with Gasteiger partial charge in [0.25, 0.3) is 0 Å². The van der Waals surface area contributed by atoms with Gasteiger partial charge in [0.2, 0.25) is 10.0 Å². The molecule has 110 valence electrons. The van der Waals surface area contributed by atoms with E-state index in [4.69, 9.17) is 5.73 Å². The summed E-state index contributed by atoms with van der Waals surface area (Å²) in [7, 11) is -3.76. The van der Waals surface area contributed by atoms with Crippen LogP contribution in [-0.4, -0.2) is 36.0 Å². The highest BCUT2D eigenvalue weighted by Crippen LogP contribution is 2.40. The average molecular weight is 300 g/mol. The second kappa shape index (κ2) is 4.68. The molecule has 7 heteroatoms. The molecule has 2 fully saturated rings. The molecular weight excluding hydrogens is 283 g/mol. The van der Waals surface area contributed by atoms with Gasteiger partial charge in [-0.1, -0.05) is 0 Å². The van der Waals surface area contributed by atoms with E-state index in [1.54, 1.807) is 0 Å². The van der Waals surface area contributed by atoms with Crippen molar-refractivity contribution < 1.29 is 17.9 Å². The van der Waals surface area contributed by atoms with Gasteiger partial charge in [-0.3, -0.25) is 0 Å². The lowest BCUT2D eigenvalue weighted by Crippen LogP contribution is -2.47. The third-order valence-electron chi connectivity index (χ3n) is 4.11. The van der Waals surface area contributed by atoms with Crippen LogP contribution in [0.3, 0.4) is 0 Å². The van der Waals surface area contributed by atoms with Crippen molar-refractivity contribution in [1.29, 1.82) is 0 Å². The third-order valence-corrected chi connectivity index (χ3v) is 6.09. The number of benzene rings is 1. The highest BCUT2D eigenvalue weighted by Gasteiger charge is 2.46. The fourth-order valence-electron chi connectivity index (χ4n) is 3.35. The summed E-state index contributed by atoms with van der Waals surface area (Å²) in [4.78, 5) is -0.108. The summed E-state index contributed by atoms with van der Waals surface area (Å²) in [5.41, 5.74) is 5.62. The van der Waals surface area contributed by atoms with E-state index in [-0.39, 0.29) is 22.7 Å². The molecule has 0 aliphatic carbocycles. The van der Waals surface area contributed by atoms with Crippen molar-refractivity contribution in [3.63, 3.8) is 0 Å². The van der Waals surface area contributed by atoms with Crippen LogP contribution in [0.2, 0.25) is 0 Å². The third kappa shape index (κ3) is 2.19. The van der Waals surface area contributed by atoms with Gasteiger partial charge in [-0.25, -0.2) is 12.8 Å². The quantitative estimate of drug-likeness (QED) is 0.801. The summed E-state index contributed by atoms with van der Waals surface area (Å²) in [5, 5.41) is 9.73. The zero-order chi connectivity index (χ0) is 14.5. The van der Waals surface area contributed by atoms with Crippen molar-refractivity contribution in [3.05, 3.63) is 24.0 Å². The molecule has 2 heterocycles. The summed E-state index contributed by atoms with van der Waals surface area (Å²) >= 11 is 0. The predicted octanol–water partition coefficient (Wildman–Crippen LogP) is 1.08. The van der Waals surface area contributed by atoms with E-state index in [1.165, 1.54) is 10.4 Å². The van der Waals surface area contributed by atoms with E-state index in [2.05, 4.69) is 0 Å². The Labute approximate surface area is 117 Å². The van der Waals surface area contributed by atoms with Gasteiger partial charge in [0.05, 0.1) is 11.0 Å². The van der Waals surface area contributed by atoms with E-state index in [9.17, 15) is 17.9 Å². The lowest BCUT2D eigenvalue weighted by molar-refractivity contribution is 0.0768. The first-order chi connectivity index (χ1) is 9.38. The number of aliphatic hydroxyl groups is 1. The smallest absolute Gasteiger partial charge is 0.243 e. The van der Waals surface area contributed by atoms with Gasteiger partial charge in [0.1, 0.15) is 5.82 Å². The fourth-order valence-corrected chi connectivity index (χ4v) is 5.31. The number of rotatable bonds is 2. The van der Waals surface area contributed by atoms with Crippen molar-refractivity contribution in [2.45, 2.75) is 48.8 Å². The number of piperidine rings is 1. The number of halogens is 1. The molecule has 1 aromatic carbocycles. The molecule has 0 saturated carbocycles. The van der Waals surface area contributed by atoms with Crippen molar-refractivity contribution in [1.82, 2.24) is 4.31 Å². The number of nitrogens with two attached hydrogens (primary N) is 1. The maximum Gasteiger partial charge on any atom is 0.243 e. The monoisotopic (exact) mass is 300 g/mol. The van der Waals surface area contributed by atoms with Crippen LogP contribution in [0.25, 0.3) is 0 Å². The number of sulfonamides is 1. The molecule has 1 aromatic rings. The molecule has 2 bridgehead atoms. The number of hydrogen-bond acceptors (Lipinski definition) is 4. The zero-order valence-corrected chi connectivity index (χ0v) is 11.7. The van der Waals surface area contributed by atoms with Gasteiger partial charge in [-0.05, 0) is 43.9 Å². The first-order valence-electron chi connectivity index (χ1n) is 6.65. The highest BCUT2D eigenvalue weighted by atomic mass is 32.2. The Balaban J connectivity index is 2.00. The summed E-state index contributed by atoms with van der Waals surface area (Å²) in [6.45, 7) is 0. The van der Waals surface area contributed by atoms with E-state index < -0.39 is 21.9 Å². The lowest BCUT2D eigenvalue weighted by Gasteiger charge is -2.36. The normalized spacial score (nSPS) is 30.6. The molecule has 0 spiro atoms. The second-order valence-corrected chi connectivity index (χ2v) is 7.41. The van der Waals surface area contributed by atoms with E-state index in [1.807, 2.05) is 0 Å². The molecule has 2 atom stereocenters. The molecule has 0 amide bonds. The van der Waals surface area contributed by atoms with Gasteiger partial charge in [0, 0.05) is 17.8 Å². The second-order valence-electron chi connectivity index (χ2n) is 5.57. The van der Waals surface area contributed by atoms with Crippen LogP contribution in [-0.2, 0) is 10.0 Å². The minimum absolute atomic E-state index is 0.0907. The highest BCUT2D eigenvalue weighted by molar-refractivity contribution is 7.89. The Morgan fingerprint density at radius 3 is 2.35 bits per heavy atom. The molecule has 5 nitrogen and oxygen atoms in total. The van der Waals surface area contributed by atoms with Crippen LogP contribution >= 0.6 is 0 Å². The van der Waals surface area contributed by atoms with Gasteiger partial charge in [-0.2, -0.15) is 4.31 Å². The fraction of sp³-hybridized carbons (Fsp3) is 0.538. The van der Waals surface area contributed by atoms with Crippen LogP contribution in [0.4, 0.5) is 10.1 Å². The Morgan fingerprint density at radius 2 is 1.80 bits per heavy atom. The number of hydrogen-bond donors (Lipinski definition) is 2. The van der Waals surface area contributed by atoms with Crippen LogP contribution in [0.15, 0.2) is 23.1 Å². The first-order valence-corrected chi connectivity index (χ1v) is 8.09. The van der Waals surface area contributed by atoms with E-state index in [0.717, 1.165) is 25.0 Å². The molecule has 20 heavy (non-hydrogen) atoms. The Bertz CT molecular complexity index is 600. The molecule has 3 N–H and O–H groups in total.